The lowest BCUT2D eigenvalue weighted by atomic mass is 10.0. The molecule has 1 heterocycles. The number of rotatable bonds is 2. The van der Waals surface area contributed by atoms with Crippen LogP contribution in [0.3, 0.4) is 0 Å². The average molecular weight is 253 g/mol. The molecule has 0 saturated heterocycles. The fourth-order valence-corrected chi connectivity index (χ4v) is 3.85. The Morgan fingerprint density at radius 2 is 1.94 bits per heavy atom. The van der Waals surface area contributed by atoms with Gasteiger partial charge in [0.25, 0.3) is 0 Å². The van der Waals surface area contributed by atoms with E-state index in [0.29, 0.717) is 11.3 Å². The lowest BCUT2D eigenvalue weighted by Crippen LogP contribution is -2.36. The van der Waals surface area contributed by atoms with Gasteiger partial charge in [-0.05, 0) is 32.1 Å². The van der Waals surface area contributed by atoms with Crippen LogP contribution in [0.1, 0.15) is 19.4 Å². The highest BCUT2D eigenvalue weighted by Crippen LogP contribution is 2.41. The molecule has 2 rings (SSSR count). The van der Waals surface area contributed by atoms with Crippen LogP contribution in [0.4, 0.5) is 0 Å². The Balaban J connectivity index is 2.74. The van der Waals surface area contributed by atoms with Gasteiger partial charge in [0.05, 0.1) is 16.9 Å². The minimum absolute atomic E-state index is 0.226. The van der Waals surface area contributed by atoms with Gasteiger partial charge in [-0.1, -0.05) is 6.07 Å². The van der Waals surface area contributed by atoms with Crippen molar-refractivity contribution in [3.05, 3.63) is 28.7 Å². The largest absolute Gasteiger partial charge is 0.496 e. The quantitative estimate of drug-likeness (QED) is 0.868. The smallest absolute Gasteiger partial charge is 0.205 e. The third kappa shape index (κ3) is 1.75. The molecular weight excluding hydrogens is 238 g/mol. The molecule has 0 aromatic heterocycles. The Hall–Kier alpha value is -1.33. The summed E-state index contributed by atoms with van der Waals surface area (Å²) in [5, 5.41) is 0. The molecule has 4 nitrogen and oxygen atoms in total. The van der Waals surface area contributed by atoms with E-state index in [1.165, 1.54) is 7.11 Å². The molecule has 0 fully saturated rings. The van der Waals surface area contributed by atoms with E-state index in [0.717, 1.165) is 0 Å². The number of benzene rings is 1. The second kappa shape index (κ2) is 3.58. The Morgan fingerprint density at radius 3 is 2.47 bits per heavy atom. The molecule has 0 aliphatic carbocycles. The predicted molar refractivity (Wildman–Crippen MR) is 66.4 cm³/mol. The molecule has 17 heavy (non-hydrogen) atoms. The summed E-state index contributed by atoms with van der Waals surface area (Å²) < 4.78 is 29.8. The number of hydrogen-bond acceptors (Lipinski definition) is 4. The van der Waals surface area contributed by atoms with Gasteiger partial charge in [0.1, 0.15) is 5.75 Å². The van der Waals surface area contributed by atoms with Crippen LogP contribution >= 0.6 is 0 Å². The highest BCUT2D eigenvalue weighted by Gasteiger charge is 2.38. The molecule has 0 spiro atoms. The number of fused-ring (bicyclic) bond motifs is 1. The van der Waals surface area contributed by atoms with Gasteiger partial charge in [0, 0.05) is 11.1 Å². The van der Waals surface area contributed by atoms with E-state index in [1.807, 2.05) is 0 Å². The molecule has 1 aromatic rings. The van der Waals surface area contributed by atoms with Crippen LogP contribution in [0.15, 0.2) is 28.0 Å². The van der Waals surface area contributed by atoms with Crippen molar-refractivity contribution in [2.75, 3.05) is 7.11 Å². The average Bonchev–Trinajstić information content (AvgIpc) is 2.50. The first-order chi connectivity index (χ1) is 7.78. The summed E-state index contributed by atoms with van der Waals surface area (Å²) in [5.41, 5.74) is 5.59. The molecule has 0 unspecified atom stereocenters. The number of hydrogen-bond donors (Lipinski definition) is 1. The third-order valence-electron chi connectivity index (χ3n) is 2.74. The van der Waals surface area contributed by atoms with Gasteiger partial charge < -0.3 is 10.5 Å². The van der Waals surface area contributed by atoms with Crippen molar-refractivity contribution >= 4 is 15.9 Å². The van der Waals surface area contributed by atoms with Crippen LogP contribution in [0.5, 0.6) is 5.75 Å². The maximum Gasteiger partial charge on any atom is 0.205 e. The second-order valence-corrected chi connectivity index (χ2v) is 6.49. The number of methoxy groups -OCH3 is 1. The van der Waals surface area contributed by atoms with E-state index in [4.69, 9.17) is 10.5 Å². The first-order valence-electron chi connectivity index (χ1n) is 5.21. The molecule has 0 bridgehead atoms. The van der Waals surface area contributed by atoms with Crippen LogP contribution in [0.2, 0.25) is 0 Å². The van der Waals surface area contributed by atoms with E-state index in [-0.39, 0.29) is 9.80 Å². The normalized spacial score (nSPS) is 17.5. The SMILES string of the molecule is COc1cccc2c1C=C(C(C)(C)N)S2(=O)=O. The molecule has 5 heteroatoms. The van der Waals surface area contributed by atoms with Crippen LogP contribution in [0, 0.1) is 0 Å². The van der Waals surface area contributed by atoms with Gasteiger partial charge in [0.15, 0.2) is 0 Å². The van der Waals surface area contributed by atoms with Crippen molar-refractivity contribution in [3.63, 3.8) is 0 Å². The summed E-state index contributed by atoms with van der Waals surface area (Å²) in [6.45, 7) is 3.35. The monoisotopic (exact) mass is 253 g/mol. The van der Waals surface area contributed by atoms with Gasteiger partial charge in [-0.25, -0.2) is 8.42 Å². The molecular formula is C12H15NO3S. The molecule has 0 amide bonds. The lowest BCUT2D eigenvalue weighted by molar-refractivity contribution is 0.412. The lowest BCUT2D eigenvalue weighted by Gasteiger charge is -2.19. The summed E-state index contributed by atoms with van der Waals surface area (Å²) >= 11 is 0. The maximum atomic E-state index is 12.3. The van der Waals surface area contributed by atoms with Crippen LogP contribution < -0.4 is 10.5 Å². The minimum atomic E-state index is -3.48. The van der Waals surface area contributed by atoms with E-state index in [9.17, 15) is 8.42 Å². The number of sulfone groups is 1. The molecule has 92 valence electrons. The van der Waals surface area contributed by atoms with Gasteiger partial charge in [0.2, 0.25) is 9.84 Å². The third-order valence-corrected chi connectivity index (χ3v) is 4.89. The molecule has 0 saturated carbocycles. The van der Waals surface area contributed by atoms with Crippen LogP contribution in [-0.2, 0) is 9.84 Å². The number of ether oxygens (including phenoxy) is 1. The highest BCUT2D eigenvalue weighted by atomic mass is 32.2. The van der Waals surface area contributed by atoms with Crippen molar-refractivity contribution in [1.82, 2.24) is 0 Å². The summed E-state index contributed by atoms with van der Waals surface area (Å²) in [7, 11) is -1.97. The summed E-state index contributed by atoms with van der Waals surface area (Å²) in [6, 6.07) is 4.97. The Bertz CT molecular complexity index is 595. The molecule has 1 aliphatic heterocycles. The number of nitrogens with two attached hydrogens (primary N) is 1. The Kier molecular flexibility index (Phi) is 2.56. The minimum Gasteiger partial charge on any atom is -0.496 e. The Labute approximate surface area is 101 Å². The van der Waals surface area contributed by atoms with Gasteiger partial charge >= 0.3 is 0 Å². The van der Waals surface area contributed by atoms with Crippen molar-refractivity contribution in [2.45, 2.75) is 24.3 Å². The van der Waals surface area contributed by atoms with Gasteiger partial charge in [-0.3, -0.25) is 0 Å². The molecule has 1 aromatic carbocycles. The van der Waals surface area contributed by atoms with Gasteiger partial charge in [-0.2, -0.15) is 0 Å². The van der Waals surface area contributed by atoms with Gasteiger partial charge in [-0.15, -0.1) is 0 Å². The molecule has 2 N–H and O–H groups in total. The van der Waals surface area contributed by atoms with E-state index in [2.05, 4.69) is 0 Å². The zero-order chi connectivity index (χ0) is 12.8. The van der Waals surface area contributed by atoms with Crippen molar-refractivity contribution in [3.8, 4) is 5.75 Å². The first kappa shape index (κ1) is 12.1. The summed E-state index contributed by atoms with van der Waals surface area (Å²) in [6.07, 6.45) is 1.60. The summed E-state index contributed by atoms with van der Waals surface area (Å²) in [5.74, 6) is 0.547. The first-order valence-corrected chi connectivity index (χ1v) is 6.70. The summed E-state index contributed by atoms with van der Waals surface area (Å²) in [4.78, 5) is 0.495. The van der Waals surface area contributed by atoms with E-state index in [1.54, 1.807) is 38.1 Å². The van der Waals surface area contributed by atoms with Crippen LogP contribution in [-0.4, -0.2) is 21.1 Å². The van der Waals surface area contributed by atoms with Crippen molar-refractivity contribution in [2.24, 2.45) is 5.73 Å². The molecule has 1 aliphatic rings. The fraction of sp³-hybridized carbons (Fsp3) is 0.333. The Morgan fingerprint density at radius 1 is 1.29 bits per heavy atom. The van der Waals surface area contributed by atoms with Crippen LogP contribution in [0.25, 0.3) is 6.08 Å². The topological polar surface area (TPSA) is 69.4 Å². The van der Waals surface area contributed by atoms with Crippen molar-refractivity contribution < 1.29 is 13.2 Å². The second-order valence-electron chi connectivity index (χ2n) is 4.61. The fourth-order valence-electron chi connectivity index (χ4n) is 1.94. The molecule has 0 radical (unpaired) electrons. The molecule has 0 atom stereocenters. The van der Waals surface area contributed by atoms with E-state index < -0.39 is 15.4 Å². The van der Waals surface area contributed by atoms with E-state index >= 15 is 0 Å². The predicted octanol–water partition coefficient (Wildman–Crippen LogP) is 1.56. The van der Waals surface area contributed by atoms with Crippen molar-refractivity contribution in [1.29, 1.82) is 0 Å². The highest BCUT2D eigenvalue weighted by molar-refractivity contribution is 7.96. The maximum absolute atomic E-state index is 12.3. The standard InChI is InChI=1S/C12H15NO3S/c1-12(2,13)11-7-8-9(16-3)5-4-6-10(8)17(11,14)15/h4-7H,13H2,1-3H3. The zero-order valence-electron chi connectivity index (χ0n) is 10.0. The zero-order valence-corrected chi connectivity index (χ0v) is 10.8.